The van der Waals surface area contributed by atoms with Crippen LogP contribution in [0, 0.1) is 11.8 Å². The van der Waals surface area contributed by atoms with E-state index in [4.69, 9.17) is 5.73 Å². The second kappa shape index (κ2) is 6.45. The summed E-state index contributed by atoms with van der Waals surface area (Å²) in [6.45, 7) is 2.57. The molecule has 3 nitrogen and oxygen atoms in total. The number of rotatable bonds is 4. The standard InChI is InChI=1S/C12H22N2O.ClH/c13-8-11-6-7-14(9-11)12(15)5-4-10-2-1-3-10;/h10-11H,1-9,13H2;1H. The maximum atomic E-state index is 11.8. The zero-order chi connectivity index (χ0) is 10.7. The van der Waals surface area contributed by atoms with Gasteiger partial charge in [0, 0.05) is 19.5 Å². The second-order valence-corrected chi connectivity index (χ2v) is 5.07. The Labute approximate surface area is 104 Å². The summed E-state index contributed by atoms with van der Waals surface area (Å²) in [6, 6.07) is 0. The molecule has 2 rings (SSSR count). The van der Waals surface area contributed by atoms with Crippen molar-refractivity contribution >= 4 is 18.3 Å². The molecule has 0 spiro atoms. The number of amides is 1. The summed E-state index contributed by atoms with van der Waals surface area (Å²) >= 11 is 0. The van der Waals surface area contributed by atoms with Crippen molar-refractivity contribution in [2.24, 2.45) is 17.6 Å². The van der Waals surface area contributed by atoms with Crippen molar-refractivity contribution in [3.63, 3.8) is 0 Å². The number of carbonyl (C=O) groups excluding carboxylic acids is 1. The molecule has 4 heteroatoms. The number of halogens is 1. The molecule has 0 radical (unpaired) electrons. The monoisotopic (exact) mass is 246 g/mol. The predicted octanol–water partition coefficient (Wildman–Crippen LogP) is 1.80. The van der Waals surface area contributed by atoms with Crippen LogP contribution in [0.5, 0.6) is 0 Å². The highest BCUT2D eigenvalue weighted by Gasteiger charge is 2.26. The van der Waals surface area contributed by atoms with Crippen molar-refractivity contribution in [2.75, 3.05) is 19.6 Å². The third-order valence-electron chi connectivity index (χ3n) is 3.96. The zero-order valence-corrected chi connectivity index (χ0v) is 10.7. The number of carbonyl (C=O) groups is 1. The van der Waals surface area contributed by atoms with Crippen molar-refractivity contribution in [1.82, 2.24) is 4.90 Å². The predicted molar refractivity (Wildman–Crippen MR) is 67.6 cm³/mol. The van der Waals surface area contributed by atoms with E-state index in [1.807, 2.05) is 4.90 Å². The van der Waals surface area contributed by atoms with Gasteiger partial charge in [0.05, 0.1) is 0 Å². The minimum Gasteiger partial charge on any atom is -0.342 e. The Kier molecular flexibility index (Phi) is 5.56. The molecule has 0 bridgehead atoms. The van der Waals surface area contributed by atoms with Gasteiger partial charge < -0.3 is 10.6 Å². The third-order valence-corrected chi connectivity index (χ3v) is 3.96. The van der Waals surface area contributed by atoms with Crippen molar-refractivity contribution < 1.29 is 4.79 Å². The minimum atomic E-state index is 0. The van der Waals surface area contributed by atoms with Crippen molar-refractivity contribution in [2.45, 2.75) is 38.5 Å². The maximum absolute atomic E-state index is 11.8. The molecule has 1 aliphatic carbocycles. The molecule has 1 aliphatic heterocycles. The van der Waals surface area contributed by atoms with E-state index in [2.05, 4.69) is 0 Å². The number of nitrogens with zero attached hydrogens (tertiary/aromatic N) is 1. The normalized spacial score (nSPS) is 25.1. The second-order valence-electron chi connectivity index (χ2n) is 5.07. The summed E-state index contributed by atoms with van der Waals surface area (Å²) in [5.41, 5.74) is 5.61. The fourth-order valence-electron chi connectivity index (χ4n) is 2.52. The highest BCUT2D eigenvalue weighted by Crippen LogP contribution is 2.30. The van der Waals surface area contributed by atoms with Crippen molar-refractivity contribution in [1.29, 1.82) is 0 Å². The summed E-state index contributed by atoms with van der Waals surface area (Å²) in [5.74, 6) is 1.76. The molecule has 0 aromatic rings. The van der Waals surface area contributed by atoms with E-state index < -0.39 is 0 Å². The molecule has 1 atom stereocenters. The lowest BCUT2D eigenvalue weighted by Crippen LogP contribution is -2.30. The van der Waals surface area contributed by atoms with Gasteiger partial charge in [-0.1, -0.05) is 19.3 Å². The molecule has 0 aromatic carbocycles. The van der Waals surface area contributed by atoms with Gasteiger partial charge >= 0.3 is 0 Å². The van der Waals surface area contributed by atoms with Gasteiger partial charge in [0.2, 0.25) is 5.91 Å². The van der Waals surface area contributed by atoms with E-state index in [9.17, 15) is 4.79 Å². The highest BCUT2D eigenvalue weighted by molar-refractivity contribution is 5.85. The smallest absolute Gasteiger partial charge is 0.222 e. The van der Waals surface area contributed by atoms with Crippen LogP contribution in [0.1, 0.15) is 38.5 Å². The van der Waals surface area contributed by atoms with Crippen LogP contribution in [-0.2, 0) is 4.79 Å². The van der Waals surface area contributed by atoms with E-state index in [0.29, 0.717) is 11.8 Å². The number of nitrogens with two attached hydrogens (primary N) is 1. The Hall–Kier alpha value is -0.280. The van der Waals surface area contributed by atoms with Crippen LogP contribution in [0.25, 0.3) is 0 Å². The number of hydrogen-bond acceptors (Lipinski definition) is 2. The summed E-state index contributed by atoms with van der Waals surface area (Å²) in [4.78, 5) is 13.8. The molecule has 1 amide bonds. The van der Waals surface area contributed by atoms with E-state index >= 15 is 0 Å². The lowest BCUT2D eigenvalue weighted by Gasteiger charge is -2.26. The molecule has 1 heterocycles. The summed E-state index contributed by atoms with van der Waals surface area (Å²) < 4.78 is 0. The lowest BCUT2D eigenvalue weighted by atomic mass is 9.82. The molecule has 2 fully saturated rings. The van der Waals surface area contributed by atoms with Gasteiger partial charge in [0.15, 0.2) is 0 Å². The van der Waals surface area contributed by atoms with Gasteiger partial charge in [-0.2, -0.15) is 0 Å². The summed E-state index contributed by atoms with van der Waals surface area (Å²) in [5, 5.41) is 0. The largest absolute Gasteiger partial charge is 0.342 e. The molecule has 16 heavy (non-hydrogen) atoms. The Balaban J connectivity index is 0.00000128. The molecular weight excluding hydrogens is 224 g/mol. The molecule has 1 unspecified atom stereocenters. The first-order chi connectivity index (χ1) is 7.29. The van der Waals surface area contributed by atoms with Gasteiger partial charge in [0.1, 0.15) is 0 Å². The van der Waals surface area contributed by atoms with Crippen LogP contribution >= 0.6 is 12.4 Å². The van der Waals surface area contributed by atoms with Crippen LogP contribution in [0.3, 0.4) is 0 Å². The topological polar surface area (TPSA) is 46.3 Å². The first kappa shape index (κ1) is 13.8. The third kappa shape index (κ3) is 3.36. The van der Waals surface area contributed by atoms with Gasteiger partial charge in [-0.15, -0.1) is 12.4 Å². The van der Waals surface area contributed by atoms with Crippen molar-refractivity contribution in [3.05, 3.63) is 0 Å². The Morgan fingerprint density at radius 3 is 2.50 bits per heavy atom. The lowest BCUT2D eigenvalue weighted by molar-refractivity contribution is -0.130. The molecule has 1 saturated carbocycles. The van der Waals surface area contributed by atoms with Crippen LogP contribution in [0.4, 0.5) is 0 Å². The maximum Gasteiger partial charge on any atom is 0.222 e. The van der Waals surface area contributed by atoms with E-state index in [1.165, 1.54) is 19.3 Å². The molecule has 94 valence electrons. The highest BCUT2D eigenvalue weighted by atomic mass is 35.5. The van der Waals surface area contributed by atoms with E-state index in [0.717, 1.165) is 44.8 Å². The molecule has 1 saturated heterocycles. The summed E-state index contributed by atoms with van der Waals surface area (Å²) in [7, 11) is 0. The first-order valence-electron chi connectivity index (χ1n) is 6.27. The van der Waals surface area contributed by atoms with Gasteiger partial charge in [-0.25, -0.2) is 0 Å². The van der Waals surface area contributed by atoms with Crippen LogP contribution in [0.2, 0.25) is 0 Å². The molecule has 2 N–H and O–H groups in total. The average molecular weight is 247 g/mol. The average Bonchev–Trinajstić information content (AvgIpc) is 2.63. The number of hydrogen-bond donors (Lipinski definition) is 1. The zero-order valence-electron chi connectivity index (χ0n) is 9.86. The fourth-order valence-corrected chi connectivity index (χ4v) is 2.52. The molecular formula is C12H23ClN2O. The summed E-state index contributed by atoms with van der Waals surface area (Å²) in [6.07, 6.45) is 7.05. The van der Waals surface area contributed by atoms with E-state index in [1.54, 1.807) is 0 Å². The fraction of sp³-hybridized carbons (Fsp3) is 0.917. The van der Waals surface area contributed by atoms with Crippen LogP contribution in [0.15, 0.2) is 0 Å². The Morgan fingerprint density at radius 1 is 1.25 bits per heavy atom. The molecule has 0 aromatic heterocycles. The minimum absolute atomic E-state index is 0. The van der Waals surface area contributed by atoms with Crippen LogP contribution in [-0.4, -0.2) is 30.4 Å². The van der Waals surface area contributed by atoms with E-state index in [-0.39, 0.29) is 12.4 Å². The van der Waals surface area contributed by atoms with Gasteiger partial charge in [0.25, 0.3) is 0 Å². The Bertz CT molecular complexity index is 231. The van der Waals surface area contributed by atoms with Crippen molar-refractivity contribution in [3.8, 4) is 0 Å². The Morgan fingerprint density at radius 2 is 2.00 bits per heavy atom. The van der Waals surface area contributed by atoms with Gasteiger partial charge in [-0.05, 0) is 31.2 Å². The SMILES string of the molecule is Cl.NCC1CCN(C(=O)CCC2CCC2)C1. The van der Waals surface area contributed by atoms with Crippen LogP contribution < -0.4 is 5.73 Å². The quantitative estimate of drug-likeness (QED) is 0.822. The van der Waals surface area contributed by atoms with Gasteiger partial charge in [-0.3, -0.25) is 4.79 Å². The first-order valence-corrected chi connectivity index (χ1v) is 6.27. The molecule has 2 aliphatic rings. The number of likely N-dealkylation sites (tertiary alicyclic amines) is 1.